The fourth-order valence-electron chi connectivity index (χ4n) is 3.31. The van der Waals surface area contributed by atoms with Crippen LogP contribution in [0.5, 0.6) is 0 Å². The normalized spacial score (nSPS) is 14.5. The molecule has 0 radical (unpaired) electrons. The number of rotatable bonds is 3. The molecule has 4 rings (SSSR count). The molecule has 0 fully saturated rings. The standard InChI is InChI=1S/C21H20FN3O/c1-2-14-3-4-16(11-18(14)22)17-5-6-20-24-19(12-21(26)25(20)13-17)15-7-9-23-10-8-15/h3-7,11-13,23H,2,8-10H2,1H3. The fraction of sp³-hybridized carbons (Fsp3) is 0.238. The summed E-state index contributed by atoms with van der Waals surface area (Å²) in [5.74, 6) is -0.219. The molecule has 1 aromatic carbocycles. The van der Waals surface area contributed by atoms with Gasteiger partial charge in [-0.25, -0.2) is 9.37 Å². The van der Waals surface area contributed by atoms with Crippen molar-refractivity contribution in [3.8, 4) is 11.1 Å². The van der Waals surface area contributed by atoms with Crippen LogP contribution in [0, 0.1) is 5.82 Å². The number of halogens is 1. The quantitative estimate of drug-likeness (QED) is 0.788. The summed E-state index contributed by atoms with van der Waals surface area (Å²) < 4.78 is 15.6. The Morgan fingerprint density at radius 1 is 1.19 bits per heavy atom. The van der Waals surface area contributed by atoms with Crippen molar-refractivity contribution in [2.24, 2.45) is 0 Å². The van der Waals surface area contributed by atoms with Gasteiger partial charge in [-0.1, -0.05) is 25.1 Å². The van der Waals surface area contributed by atoms with E-state index in [-0.39, 0.29) is 11.4 Å². The van der Waals surface area contributed by atoms with E-state index in [1.54, 1.807) is 18.3 Å². The first-order valence-electron chi connectivity index (χ1n) is 8.88. The molecule has 132 valence electrons. The van der Waals surface area contributed by atoms with Crippen LogP contribution < -0.4 is 10.9 Å². The summed E-state index contributed by atoms with van der Waals surface area (Å²) in [6.07, 6.45) is 5.32. The van der Waals surface area contributed by atoms with E-state index in [1.807, 2.05) is 25.1 Å². The Kier molecular flexibility index (Phi) is 4.39. The molecule has 0 unspecified atom stereocenters. The second-order valence-electron chi connectivity index (χ2n) is 6.47. The zero-order valence-corrected chi connectivity index (χ0v) is 14.6. The first-order chi connectivity index (χ1) is 12.7. The molecule has 0 aliphatic carbocycles. The molecule has 26 heavy (non-hydrogen) atoms. The van der Waals surface area contributed by atoms with Crippen molar-refractivity contribution in [1.82, 2.24) is 14.7 Å². The third-order valence-electron chi connectivity index (χ3n) is 4.82. The Morgan fingerprint density at radius 2 is 2.04 bits per heavy atom. The topological polar surface area (TPSA) is 46.4 Å². The van der Waals surface area contributed by atoms with E-state index in [9.17, 15) is 9.18 Å². The molecule has 0 spiro atoms. The van der Waals surface area contributed by atoms with E-state index in [0.29, 0.717) is 17.6 Å². The van der Waals surface area contributed by atoms with Crippen molar-refractivity contribution >= 4 is 11.2 Å². The van der Waals surface area contributed by atoms with Gasteiger partial charge in [-0.05, 0) is 59.8 Å². The number of hydrogen-bond donors (Lipinski definition) is 1. The SMILES string of the molecule is CCc1ccc(-c2ccc3nc(C4=CCNCC4)cc(=O)n3c2)cc1F. The minimum Gasteiger partial charge on any atom is -0.313 e. The van der Waals surface area contributed by atoms with Crippen LogP contribution in [-0.2, 0) is 6.42 Å². The number of pyridine rings is 1. The van der Waals surface area contributed by atoms with Crippen molar-refractivity contribution in [3.63, 3.8) is 0 Å². The Hall–Kier alpha value is -2.79. The van der Waals surface area contributed by atoms with Crippen LogP contribution in [-0.4, -0.2) is 22.5 Å². The molecule has 0 bridgehead atoms. The molecule has 3 heterocycles. The predicted octanol–water partition coefficient (Wildman–Crippen LogP) is 3.44. The summed E-state index contributed by atoms with van der Waals surface area (Å²) >= 11 is 0. The molecular weight excluding hydrogens is 329 g/mol. The lowest BCUT2D eigenvalue weighted by molar-refractivity contribution is 0.613. The first-order valence-corrected chi connectivity index (χ1v) is 8.88. The molecule has 0 atom stereocenters. The minimum absolute atomic E-state index is 0.128. The highest BCUT2D eigenvalue weighted by atomic mass is 19.1. The number of nitrogens with zero attached hydrogens (tertiary/aromatic N) is 2. The zero-order chi connectivity index (χ0) is 18.1. The van der Waals surface area contributed by atoms with Crippen molar-refractivity contribution in [1.29, 1.82) is 0 Å². The number of aromatic nitrogens is 2. The van der Waals surface area contributed by atoms with E-state index in [0.717, 1.165) is 41.9 Å². The lowest BCUT2D eigenvalue weighted by Gasteiger charge is -2.14. The van der Waals surface area contributed by atoms with Gasteiger partial charge in [-0.2, -0.15) is 0 Å². The number of benzene rings is 1. The number of aryl methyl sites for hydroxylation is 1. The Balaban J connectivity index is 1.78. The van der Waals surface area contributed by atoms with Crippen LogP contribution in [0.3, 0.4) is 0 Å². The molecular formula is C21H20FN3O. The van der Waals surface area contributed by atoms with Crippen LogP contribution >= 0.6 is 0 Å². The Bertz CT molecular complexity index is 1070. The van der Waals surface area contributed by atoms with Crippen LogP contribution in [0.25, 0.3) is 22.3 Å². The van der Waals surface area contributed by atoms with E-state index in [1.165, 1.54) is 10.5 Å². The third kappa shape index (κ3) is 3.06. The molecule has 2 aromatic heterocycles. The van der Waals surface area contributed by atoms with Crippen LogP contribution in [0.15, 0.2) is 53.5 Å². The van der Waals surface area contributed by atoms with Gasteiger partial charge in [-0.3, -0.25) is 9.20 Å². The Labute approximate surface area is 151 Å². The molecule has 1 aliphatic rings. The fourth-order valence-corrected chi connectivity index (χ4v) is 3.31. The lowest BCUT2D eigenvalue weighted by Crippen LogP contribution is -2.22. The van der Waals surface area contributed by atoms with Crippen molar-refractivity contribution in [3.05, 3.63) is 76.1 Å². The van der Waals surface area contributed by atoms with Crippen LogP contribution in [0.2, 0.25) is 0 Å². The van der Waals surface area contributed by atoms with E-state index in [2.05, 4.69) is 16.4 Å². The highest BCUT2D eigenvalue weighted by molar-refractivity contribution is 5.68. The number of fused-ring (bicyclic) bond motifs is 1. The summed E-state index contributed by atoms with van der Waals surface area (Å²) in [7, 11) is 0. The van der Waals surface area contributed by atoms with Gasteiger partial charge in [0.25, 0.3) is 5.56 Å². The van der Waals surface area contributed by atoms with Crippen molar-refractivity contribution < 1.29 is 4.39 Å². The predicted molar refractivity (Wildman–Crippen MR) is 102 cm³/mol. The highest BCUT2D eigenvalue weighted by Crippen LogP contribution is 2.23. The summed E-state index contributed by atoms with van der Waals surface area (Å²) in [6, 6.07) is 10.5. The van der Waals surface area contributed by atoms with Gasteiger partial charge >= 0.3 is 0 Å². The molecule has 0 saturated heterocycles. The molecule has 3 aromatic rings. The van der Waals surface area contributed by atoms with E-state index in [4.69, 9.17) is 0 Å². The molecule has 1 N–H and O–H groups in total. The van der Waals surface area contributed by atoms with E-state index >= 15 is 0 Å². The smallest absolute Gasteiger partial charge is 0.258 e. The van der Waals surface area contributed by atoms with Crippen LogP contribution in [0.1, 0.15) is 24.6 Å². The van der Waals surface area contributed by atoms with Gasteiger partial charge in [-0.15, -0.1) is 0 Å². The van der Waals surface area contributed by atoms with Gasteiger partial charge in [0.2, 0.25) is 0 Å². The van der Waals surface area contributed by atoms with Gasteiger partial charge < -0.3 is 5.32 Å². The zero-order valence-electron chi connectivity index (χ0n) is 14.6. The lowest BCUT2D eigenvalue weighted by atomic mass is 10.0. The molecule has 5 heteroatoms. The average molecular weight is 349 g/mol. The van der Waals surface area contributed by atoms with Crippen molar-refractivity contribution in [2.45, 2.75) is 19.8 Å². The highest BCUT2D eigenvalue weighted by Gasteiger charge is 2.11. The summed E-state index contributed by atoms with van der Waals surface area (Å²) in [5.41, 5.74) is 4.54. The van der Waals surface area contributed by atoms with Crippen LogP contribution in [0.4, 0.5) is 4.39 Å². The average Bonchev–Trinajstić information content (AvgIpc) is 2.68. The summed E-state index contributed by atoms with van der Waals surface area (Å²) in [4.78, 5) is 17.2. The van der Waals surface area contributed by atoms with Gasteiger partial charge in [0.1, 0.15) is 11.5 Å². The number of hydrogen-bond acceptors (Lipinski definition) is 3. The molecule has 0 amide bonds. The monoisotopic (exact) mass is 349 g/mol. The first kappa shape index (κ1) is 16.7. The summed E-state index contributed by atoms with van der Waals surface area (Å²) in [5, 5.41) is 3.26. The Morgan fingerprint density at radius 3 is 2.77 bits per heavy atom. The molecule has 4 nitrogen and oxygen atoms in total. The third-order valence-corrected chi connectivity index (χ3v) is 4.82. The molecule has 0 saturated carbocycles. The second kappa shape index (κ2) is 6.84. The number of nitrogens with one attached hydrogen (secondary N) is 1. The van der Waals surface area contributed by atoms with Crippen molar-refractivity contribution in [2.75, 3.05) is 13.1 Å². The minimum atomic E-state index is -0.219. The van der Waals surface area contributed by atoms with Gasteiger partial charge in [0, 0.05) is 18.8 Å². The maximum atomic E-state index is 14.1. The summed E-state index contributed by atoms with van der Waals surface area (Å²) in [6.45, 7) is 3.62. The maximum absolute atomic E-state index is 14.1. The van der Waals surface area contributed by atoms with Gasteiger partial charge in [0.05, 0.1) is 5.69 Å². The second-order valence-corrected chi connectivity index (χ2v) is 6.47. The molecule has 1 aliphatic heterocycles. The maximum Gasteiger partial charge on any atom is 0.258 e. The largest absolute Gasteiger partial charge is 0.313 e. The van der Waals surface area contributed by atoms with E-state index < -0.39 is 0 Å². The van der Waals surface area contributed by atoms with Gasteiger partial charge in [0.15, 0.2) is 0 Å².